The van der Waals surface area contributed by atoms with Gasteiger partial charge in [0.1, 0.15) is 5.69 Å². The molecule has 0 aliphatic heterocycles. The highest BCUT2D eigenvalue weighted by atomic mass is 19.4. The van der Waals surface area contributed by atoms with Crippen molar-refractivity contribution in [3.05, 3.63) is 47.8 Å². The number of aromatic nitrogens is 2. The molecule has 0 unspecified atom stereocenters. The van der Waals surface area contributed by atoms with Crippen molar-refractivity contribution in [2.24, 2.45) is 0 Å². The van der Waals surface area contributed by atoms with E-state index < -0.39 is 11.9 Å². The van der Waals surface area contributed by atoms with Crippen LogP contribution < -0.4 is 0 Å². The SMILES string of the molecule is FC(F)(F)c1cc(C2CC2)nn1-c1ccccc1. The molecule has 1 heterocycles. The van der Waals surface area contributed by atoms with Gasteiger partial charge in [0, 0.05) is 5.92 Å². The number of hydrogen-bond acceptors (Lipinski definition) is 1. The summed E-state index contributed by atoms with van der Waals surface area (Å²) in [5, 5.41) is 4.11. The van der Waals surface area contributed by atoms with Crippen molar-refractivity contribution in [2.45, 2.75) is 24.9 Å². The van der Waals surface area contributed by atoms with Crippen molar-refractivity contribution < 1.29 is 13.2 Å². The van der Waals surface area contributed by atoms with Gasteiger partial charge in [-0.15, -0.1) is 0 Å². The van der Waals surface area contributed by atoms with Gasteiger partial charge in [0.2, 0.25) is 0 Å². The van der Waals surface area contributed by atoms with E-state index >= 15 is 0 Å². The third-order valence-corrected chi connectivity index (χ3v) is 3.02. The van der Waals surface area contributed by atoms with E-state index in [2.05, 4.69) is 5.10 Å². The Hall–Kier alpha value is -1.78. The second-order valence-electron chi connectivity index (χ2n) is 4.47. The molecule has 94 valence electrons. The van der Waals surface area contributed by atoms with Crippen LogP contribution in [0.25, 0.3) is 5.69 Å². The minimum Gasteiger partial charge on any atom is -0.228 e. The van der Waals surface area contributed by atoms with Gasteiger partial charge in [0.05, 0.1) is 11.4 Å². The maximum Gasteiger partial charge on any atom is 0.433 e. The molecule has 2 aromatic rings. The molecule has 2 nitrogen and oxygen atoms in total. The van der Waals surface area contributed by atoms with Gasteiger partial charge in [-0.2, -0.15) is 18.3 Å². The second-order valence-corrected chi connectivity index (χ2v) is 4.47. The molecule has 1 aromatic heterocycles. The summed E-state index contributed by atoms with van der Waals surface area (Å²) in [4.78, 5) is 0. The molecule has 0 atom stereocenters. The van der Waals surface area contributed by atoms with Gasteiger partial charge in [0.15, 0.2) is 0 Å². The third-order valence-electron chi connectivity index (χ3n) is 3.02. The Balaban J connectivity index is 2.12. The molecule has 5 heteroatoms. The normalized spacial score (nSPS) is 15.9. The van der Waals surface area contributed by atoms with Crippen LogP contribution in [-0.4, -0.2) is 9.78 Å². The summed E-state index contributed by atoms with van der Waals surface area (Å²) in [6.45, 7) is 0. The first-order chi connectivity index (χ1) is 8.55. The van der Waals surface area contributed by atoms with E-state index in [4.69, 9.17) is 0 Å². The van der Waals surface area contributed by atoms with Gasteiger partial charge in [-0.05, 0) is 31.0 Å². The summed E-state index contributed by atoms with van der Waals surface area (Å²) in [6.07, 6.45) is -2.51. The van der Waals surface area contributed by atoms with E-state index in [-0.39, 0.29) is 5.92 Å². The first-order valence-corrected chi connectivity index (χ1v) is 5.78. The Kier molecular flexibility index (Phi) is 2.43. The van der Waals surface area contributed by atoms with Crippen molar-refractivity contribution in [1.82, 2.24) is 9.78 Å². The van der Waals surface area contributed by atoms with Gasteiger partial charge in [-0.3, -0.25) is 0 Å². The van der Waals surface area contributed by atoms with Crippen LogP contribution in [0.15, 0.2) is 36.4 Å². The number of benzene rings is 1. The Bertz CT molecular complexity index is 553. The van der Waals surface area contributed by atoms with Crippen LogP contribution in [0, 0.1) is 0 Å². The average Bonchev–Trinajstić information content (AvgIpc) is 3.08. The molecule has 1 fully saturated rings. The van der Waals surface area contributed by atoms with Gasteiger partial charge >= 0.3 is 6.18 Å². The molecule has 0 bridgehead atoms. The highest BCUT2D eigenvalue weighted by Crippen LogP contribution is 2.42. The lowest BCUT2D eigenvalue weighted by Crippen LogP contribution is -2.13. The van der Waals surface area contributed by atoms with Crippen molar-refractivity contribution in [1.29, 1.82) is 0 Å². The lowest BCUT2D eigenvalue weighted by molar-refractivity contribution is -0.142. The summed E-state index contributed by atoms with van der Waals surface area (Å²) >= 11 is 0. The van der Waals surface area contributed by atoms with Crippen LogP contribution >= 0.6 is 0 Å². The van der Waals surface area contributed by atoms with Crippen molar-refractivity contribution in [2.75, 3.05) is 0 Å². The smallest absolute Gasteiger partial charge is 0.228 e. The van der Waals surface area contributed by atoms with Crippen molar-refractivity contribution in [3.63, 3.8) is 0 Å². The summed E-state index contributed by atoms with van der Waals surface area (Å²) in [6, 6.07) is 9.59. The Morgan fingerprint density at radius 2 is 1.78 bits per heavy atom. The number of rotatable bonds is 2. The fourth-order valence-electron chi connectivity index (χ4n) is 1.95. The van der Waals surface area contributed by atoms with Crippen LogP contribution in [0.3, 0.4) is 0 Å². The zero-order chi connectivity index (χ0) is 12.8. The molecule has 1 aliphatic carbocycles. The molecule has 0 saturated heterocycles. The van der Waals surface area contributed by atoms with Crippen molar-refractivity contribution >= 4 is 0 Å². The van der Waals surface area contributed by atoms with E-state index in [1.54, 1.807) is 30.3 Å². The number of para-hydroxylation sites is 1. The second kappa shape index (κ2) is 3.86. The summed E-state index contributed by atoms with van der Waals surface area (Å²) < 4.78 is 39.9. The minimum atomic E-state index is -4.38. The van der Waals surface area contributed by atoms with Crippen LogP contribution in [0.4, 0.5) is 13.2 Å². The van der Waals surface area contributed by atoms with Gasteiger partial charge < -0.3 is 0 Å². The molecule has 1 saturated carbocycles. The predicted molar refractivity (Wildman–Crippen MR) is 60.5 cm³/mol. The number of alkyl halides is 3. The zero-order valence-electron chi connectivity index (χ0n) is 9.48. The molecule has 0 amide bonds. The van der Waals surface area contributed by atoms with E-state index in [0.29, 0.717) is 11.4 Å². The zero-order valence-corrected chi connectivity index (χ0v) is 9.48. The minimum absolute atomic E-state index is 0.205. The Morgan fingerprint density at radius 3 is 2.33 bits per heavy atom. The molecular formula is C13H11F3N2. The van der Waals surface area contributed by atoms with Gasteiger partial charge in [-0.25, -0.2) is 4.68 Å². The van der Waals surface area contributed by atoms with Gasteiger partial charge in [-0.1, -0.05) is 18.2 Å². The molecule has 3 rings (SSSR count). The molecule has 1 aliphatic rings. The summed E-state index contributed by atoms with van der Waals surface area (Å²) in [7, 11) is 0. The van der Waals surface area contributed by atoms with E-state index in [0.717, 1.165) is 17.5 Å². The topological polar surface area (TPSA) is 17.8 Å². The maximum absolute atomic E-state index is 13.0. The lowest BCUT2D eigenvalue weighted by atomic mass is 10.2. The summed E-state index contributed by atoms with van der Waals surface area (Å²) in [5.41, 5.74) is 0.290. The number of halogens is 3. The molecule has 0 N–H and O–H groups in total. The first-order valence-electron chi connectivity index (χ1n) is 5.78. The molecule has 0 spiro atoms. The van der Waals surface area contributed by atoms with E-state index in [9.17, 15) is 13.2 Å². The van der Waals surface area contributed by atoms with Crippen LogP contribution in [-0.2, 0) is 6.18 Å². The third kappa shape index (κ3) is 2.00. The highest BCUT2D eigenvalue weighted by Gasteiger charge is 2.38. The van der Waals surface area contributed by atoms with Crippen molar-refractivity contribution in [3.8, 4) is 5.69 Å². The molecule has 0 radical (unpaired) electrons. The maximum atomic E-state index is 13.0. The van der Waals surface area contributed by atoms with E-state index in [1.807, 2.05) is 0 Å². The average molecular weight is 252 g/mol. The monoisotopic (exact) mass is 252 g/mol. The quantitative estimate of drug-likeness (QED) is 0.795. The summed E-state index contributed by atoms with van der Waals surface area (Å²) in [5.74, 6) is 0.205. The first kappa shape index (κ1) is 11.3. The lowest BCUT2D eigenvalue weighted by Gasteiger charge is -2.09. The number of nitrogens with zero attached hydrogens (tertiary/aromatic N) is 2. The highest BCUT2D eigenvalue weighted by molar-refractivity contribution is 5.35. The number of hydrogen-bond donors (Lipinski definition) is 0. The van der Waals surface area contributed by atoms with Crippen LogP contribution in [0.5, 0.6) is 0 Å². The van der Waals surface area contributed by atoms with Gasteiger partial charge in [0.25, 0.3) is 0 Å². The molecule has 18 heavy (non-hydrogen) atoms. The fraction of sp³-hybridized carbons (Fsp3) is 0.308. The van der Waals surface area contributed by atoms with E-state index in [1.165, 1.54) is 6.07 Å². The molecular weight excluding hydrogens is 241 g/mol. The standard InChI is InChI=1S/C13H11F3N2/c14-13(15,16)12-8-11(9-6-7-9)17-18(12)10-4-2-1-3-5-10/h1-5,8-9H,6-7H2. The Morgan fingerprint density at radius 1 is 1.11 bits per heavy atom. The van der Waals surface area contributed by atoms with Crippen LogP contribution in [0.1, 0.15) is 30.1 Å². The Labute approximate surface area is 102 Å². The molecule has 1 aromatic carbocycles. The fourth-order valence-corrected chi connectivity index (χ4v) is 1.95. The largest absolute Gasteiger partial charge is 0.433 e. The van der Waals surface area contributed by atoms with Crippen LogP contribution in [0.2, 0.25) is 0 Å². The predicted octanol–water partition coefficient (Wildman–Crippen LogP) is 3.77.